The van der Waals surface area contributed by atoms with Crippen molar-refractivity contribution in [1.29, 1.82) is 0 Å². The van der Waals surface area contributed by atoms with Crippen molar-refractivity contribution in [3.63, 3.8) is 0 Å². The topological polar surface area (TPSA) is 0 Å². The van der Waals surface area contributed by atoms with Gasteiger partial charge >= 0.3 is 37.9 Å². The van der Waals surface area contributed by atoms with Crippen LogP contribution in [0.5, 0.6) is 0 Å². The van der Waals surface area contributed by atoms with Crippen LogP contribution in [0.4, 0.5) is 0 Å². The average Bonchev–Trinajstić information content (AvgIpc) is 3.53. The van der Waals surface area contributed by atoms with Gasteiger partial charge in [-0.2, -0.15) is 6.07 Å². The van der Waals surface area contributed by atoms with Crippen LogP contribution in [0.25, 0.3) is 10.8 Å². The quantitative estimate of drug-likeness (QED) is 0.169. The number of allylic oxidation sites excluding steroid dienone is 4. The first-order valence-electron chi connectivity index (χ1n) is 11.5. The molecule has 1 saturated carbocycles. The molecule has 0 radical (unpaired) electrons. The zero-order valence-electron chi connectivity index (χ0n) is 18.9. The minimum Gasteiger partial charge on any atom is -0.160 e. The van der Waals surface area contributed by atoms with E-state index in [2.05, 4.69) is 122 Å². The van der Waals surface area contributed by atoms with Crippen LogP contribution in [-0.2, 0) is 20.8 Å². The second kappa shape index (κ2) is 13.6. The van der Waals surface area contributed by atoms with Crippen molar-refractivity contribution in [3.05, 3.63) is 127 Å². The Morgan fingerprint density at radius 3 is 2.06 bits per heavy atom. The van der Waals surface area contributed by atoms with Gasteiger partial charge in [-0.05, 0) is 30.9 Å². The third-order valence-electron chi connectivity index (χ3n) is 6.10. The predicted octanol–water partition coefficient (Wildman–Crippen LogP) is 8.18. The number of hydrogen-bond donors (Lipinski definition) is 0. The van der Waals surface area contributed by atoms with Gasteiger partial charge in [-0.1, -0.05) is 73.2 Å². The fourth-order valence-corrected chi connectivity index (χ4v) is 6.90. The third-order valence-corrected chi connectivity index (χ3v) is 8.51. The second-order valence-electron chi connectivity index (χ2n) is 8.23. The number of fused-ring (bicyclic) bond motifs is 2. The summed E-state index contributed by atoms with van der Waals surface area (Å²) in [4.78, 5) is 0. The minimum absolute atomic E-state index is 0.493. The molecular weight excluding hydrogens is 553 g/mol. The number of hydrogen-bond acceptors (Lipinski definition) is 0. The van der Waals surface area contributed by atoms with Gasteiger partial charge in [0.15, 0.2) is 0 Å². The van der Waals surface area contributed by atoms with Crippen molar-refractivity contribution in [3.8, 4) is 0 Å². The third kappa shape index (κ3) is 6.80. The van der Waals surface area contributed by atoms with Crippen molar-refractivity contribution < 1.29 is 20.8 Å². The average molecular weight is 581 g/mol. The van der Waals surface area contributed by atoms with Crippen LogP contribution < -0.4 is 15.9 Å². The molecule has 6 rings (SSSR count). The first-order valence-corrected chi connectivity index (χ1v) is 19.2. The van der Waals surface area contributed by atoms with Crippen LogP contribution in [-0.4, -0.2) is 0 Å². The molecule has 0 aromatic heterocycles. The summed E-state index contributed by atoms with van der Waals surface area (Å²) >= 11 is -0.826. The van der Waals surface area contributed by atoms with Gasteiger partial charge in [0.2, 0.25) is 0 Å². The zero-order chi connectivity index (χ0) is 23.6. The Kier molecular flexibility index (Phi) is 10.2. The molecule has 0 amide bonds. The van der Waals surface area contributed by atoms with E-state index >= 15 is 0 Å². The Balaban J connectivity index is 0.000000189. The molecule has 0 heterocycles. The zero-order valence-corrected chi connectivity index (χ0v) is 23.8. The van der Waals surface area contributed by atoms with E-state index in [1.165, 1.54) is 45.9 Å². The molecule has 1 unspecified atom stereocenters. The van der Waals surface area contributed by atoms with Crippen molar-refractivity contribution in [2.45, 2.75) is 19.3 Å². The summed E-state index contributed by atoms with van der Waals surface area (Å²) in [6.07, 6.45) is 13.0. The van der Waals surface area contributed by atoms with Gasteiger partial charge < -0.3 is 0 Å². The maximum Gasteiger partial charge on any atom is -0.0166 e. The summed E-state index contributed by atoms with van der Waals surface area (Å²) < 4.78 is 0. The first kappa shape index (κ1) is 25.6. The van der Waals surface area contributed by atoms with E-state index in [0.717, 1.165) is 5.92 Å². The smallest absolute Gasteiger partial charge is 0.0166 e. The molecule has 0 bridgehead atoms. The molecule has 4 heteroatoms. The van der Waals surface area contributed by atoms with E-state index in [1.807, 2.05) is 0 Å². The van der Waals surface area contributed by atoms with Gasteiger partial charge in [-0.25, -0.2) is 18.1 Å². The minimum atomic E-state index is -0.826. The van der Waals surface area contributed by atoms with Gasteiger partial charge in [0.05, 0.1) is 0 Å². The van der Waals surface area contributed by atoms with Crippen LogP contribution in [0.1, 0.15) is 19.3 Å². The maximum atomic E-state index is 4.93. The molecule has 0 aliphatic heterocycles. The predicted molar refractivity (Wildman–Crippen MR) is 149 cm³/mol. The summed E-state index contributed by atoms with van der Waals surface area (Å²) in [7, 11) is 9.37. The summed E-state index contributed by atoms with van der Waals surface area (Å²) in [6.45, 7) is 0. The van der Waals surface area contributed by atoms with Crippen LogP contribution in [0.3, 0.4) is 0 Å². The molecule has 4 aromatic rings. The molecule has 0 nitrogen and oxygen atoms in total. The Morgan fingerprint density at radius 2 is 1.44 bits per heavy atom. The molecule has 170 valence electrons. The molecule has 34 heavy (non-hydrogen) atoms. The first-order chi connectivity index (χ1) is 16.8. The summed E-state index contributed by atoms with van der Waals surface area (Å²) in [5.41, 5.74) is 1.58. The maximum absolute atomic E-state index is 4.93. The van der Waals surface area contributed by atoms with Crippen molar-refractivity contribution in [1.82, 2.24) is 0 Å². The Hall–Kier alpha value is -1.49. The monoisotopic (exact) mass is 578 g/mol. The van der Waals surface area contributed by atoms with Crippen molar-refractivity contribution in [2.24, 2.45) is 5.92 Å². The van der Waals surface area contributed by atoms with E-state index in [9.17, 15) is 0 Å². The fraction of sp³-hybridized carbons (Fsp3) is 0.133. The number of benzene rings is 3. The Labute approximate surface area is 223 Å². The SMILES string of the molecule is C1=CCC2CC[CH-]C2=C1.[Cl][Zr+2][Cl].c1ccc(P(c2ccccc2)c2cc3ccccc3[cH-]2)cc1. The van der Waals surface area contributed by atoms with E-state index < -0.39 is 28.8 Å². The molecule has 1 fully saturated rings. The molecule has 4 aromatic carbocycles. The van der Waals surface area contributed by atoms with Crippen LogP contribution in [0, 0.1) is 12.3 Å². The fourth-order valence-electron chi connectivity index (χ4n) is 4.53. The summed E-state index contributed by atoms with van der Waals surface area (Å²) in [6, 6.07) is 35.0. The number of rotatable bonds is 3. The standard InChI is InChI=1S/C21H16P.C9H11.2ClH.Zr/c1-3-11-19(12-4-1)22(20-13-5-2-6-14-20)21-15-17-9-7-8-10-18(17)16-21;1-2-5-9-7-3-6-8(9)4-1;;;/h1-16H;1-2,4,6,9H,3,5,7H2;2*1H;/q2*-1;;;+4/p-2. The second-order valence-corrected chi connectivity index (χ2v) is 14.2. The van der Waals surface area contributed by atoms with Crippen LogP contribution in [0.2, 0.25) is 0 Å². The van der Waals surface area contributed by atoms with Gasteiger partial charge in [-0.3, -0.25) is 0 Å². The van der Waals surface area contributed by atoms with Crippen LogP contribution in [0.15, 0.2) is 121 Å². The normalized spacial score (nSPS) is 15.7. The molecule has 1 atom stereocenters. The van der Waals surface area contributed by atoms with E-state index in [0.29, 0.717) is 0 Å². The molecule has 0 N–H and O–H groups in total. The van der Waals surface area contributed by atoms with Gasteiger partial charge in [0, 0.05) is 0 Å². The largest absolute Gasteiger partial charge is 0.160 e. The summed E-state index contributed by atoms with van der Waals surface area (Å²) in [5.74, 6) is 0.884. The van der Waals surface area contributed by atoms with E-state index in [-0.39, 0.29) is 0 Å². The molecule has 0 spiro atoms. The molecule has 2 aliphatic rings. The van der Waals surface area contributed by atoms with E-state index in [4.69, 9.17) is 17.0 Å². The van der Waals surface area contributed by atoms with Gasteiger partial charge in [0.25, 0.3) is 0 Å². The Morgan fingerprint density at radius 1 is 0.824 bits per heavy atom. The summed E-state index contributed by atoms with van der Waals surface area (Å²) in [5, 5.41) is 6.89. The number of halogens is 2. The Bertz CT molecular complexity index is 1140. The molecule has 2 aliphatic carbocycles. The van der Waals surface area contributed by atoms with Gasteiger partial charge in [0.1, 0.15) is 0 Å². The molecular formula is C30H27Cl2PZr. The van der Waals surface area contributed by atoms with Crippen LogP contribution >= 0.6 is 24.9 Å². The van der Waals surface area contributed by atoms with Gasteiger partial charge in [-0.15, -0.1) is 58.9 Å². The van der Waals surface area contributed by atoms with Crippen molar-refractivity contribution >= 4 is 51.6 Å². The van der Waals surface area contributed by atoms with Crippen molar-refractivity contribution in [2.75, 3.05) is 0 Å². The molecule has 0 saturated heterocycles. The van der Waals surface area contributed by atoms with E-state index in [1.54, 1.807) is 5.57 Å².